The number of nitrogens with zero attached hydrogens (tertiary/aromatic N) is 4. The molecule has 0 atom stereocenters. The summed E-state index contributed by atoms with van der Waals surface area (Å²) in [4.78, 5) is 33.3. The van der Waals surface area contributed by atoms with E-state index >= 15 is 0 Å². The summed E-state index contributed by atoms with van der Waals surface area (Å²) in [6, 6.07) is 0. The number of carbonyl (C=O) groups is 2. The molecular formula is C10H12N4O5. The van der Waals surface area contributed by atoms with Crippen LogP contribution in [0.3, 0.4) is 0 Å². The van der Waals surface area contributed by atoms with Gasteiger partial charge >= 0.3 is 11.7 Å². The van der Waals surface area contributed by atoms with Gasteiger partial charge in [0.15, 0.2) is 0 Å². The average molecular weight is 268 g/mol. The fourth-order valence-electron chi connectivity index (χ4n) is 1.35. The largest absolute Gasteiger partial charge is 0.480 e. The van der Waals surface area contributed by atoms with Gasteiger partial charge in [-0.05, 0) is 0 Å². The third-order valence-electron chi connectivity index (χ3n) is 2.16. The molecule has 0 unspecified atom stereocenters. The van der Waals surface area contributed by atoms with Gasteiger partial charge in [-0.2, -0.15) is 5.10 Å². The first-order valence-corrected chi connectivity index (χ1v) is 5.21. The van der Waals surface area contributed by atoms with Crippen LogP contribution in [-0.2, 0) is 16.1 Å². The standard InChI is InChI=1S/C10H12N4O5/c1-2-3-12(7-10(16)17)9(15)6-13-5-8(4-11-13)14(18)19/h2,4-5H,1,3,6-7H2,(H,16,17). The van der Waals surface area contributed by atoms with Crippen molar-refractivity contribution in [1.29, 1.82) is 0 Å². The average Bonchev–Trinajstić information content (AvgIpc) is 2.76. The maximum absolute atomic E-state index is 11.8. The first kappa shape index (κ1) is 14.4. The Morgan fingerprint density at radius 3 is 2.79 bits per heavy atom. The summed E-state index contributed by atoms with van der Waals surface area (Å²) in [6.45, 7) is 2.77. The van der Waals surface area contributed by atoms with Crippen LogP contribution in [0.25, 0.3) is 0 Å². The Labute approximate surface area is 107 Å². The minimum absolute atomic E-state index is 0.0779. The molecule has 0 aliphatic rings. The van der Waals surface area contributed by atoms with Gasteiger partial charge < -0.3 is 10.0 Å². The van der Waals surface area contributed by atoms with E-state index in [1.165, 1.54) is 6.08 Å². The normalized spacial score (nSPS) is 9.89. The Kier molecular flexibility index (Phi) is 4.75. The van der Waals surface area contributed by atoms with Gasteiger partial charge in [-0.3, -0.25) is 24.4 Å². The summed E-state index contributed by atoms with van der Waals surface area (Å²) in [6.07, 6.45) is 3.51. The quantitative estimate of drug-likeness (QED) is 0.418. The van der Waals surface area contributed by atoms with Crippen molar-refractivity contribution in [2.24, 2.45) is 0 Å². The number of amides is 1. The second kappa shape index (κ2) is 6.28. The van der Waals surface area contributed by atoms with Gasteiger partial charge in [-0.25, -0.2) is 0 Å². The summed E-state index contributed by atoms with van der Waals surface area (Å²) in [7, 11) is 0. The van der Waals surface area contributed by atoms with Crippen LogP contribution in [0.4, 0.5) is 5.69 Å². The maximum atomic E-state index is 11.8. The number of carboxylic acid groups (broad SMARTS) is 1. The SMILES string of the molecule is C=CCN(CC(=O)O)C(=O)Cn1cc([N+](=O)[O-])cn1. The van der Waals surface area contributed by atoms with Crippen molar-refractivity contribution in [3.63, 3.8) is 0 Å². The minimum Gasteiger partial charge on any atom is -0.480 e. The molecule has 9 heteroatoms. The molecule has 19 heavy (non-hydrogen) atoms. The zero-order valence-electron chi connectivity index (χ0n) is 9.93. The number of carbonyl (C=O) groups excluding carboxylic acids is 1. The second-order valence-corrected chi connectivity index (χ2v) is 3.61. The van der Waals surface area contributed by atoms with Crippen LogP contribution in [-0.4, -0.2) is 49.7 Å². The molecule has 1 rings (SSSR count). The highest BCUT2D eigenvalue weighted by molar-refractivity contribution is 5.81. The van der Waals surface area contributed by atoms with Crippen LogP contribution in [0.5, 0.6) is 0 Å². The van der Waals surface area contributed by atoms with Crippen molar-refractivity contribution in [3.8, 4) is 0 Å². The van der Waals surface area contributed by atoms with E-state index < -0.39 is 23.3 Å². The lowest BCUT2D eigenvalue weighted by atomic mass is 10.4. The molecular weight excluding hydrogens is 256 g/mol. The molecule has 0 saturated carbocycles. The Bertz CT molecular complexity index is 510. The van der Waals surface area contributed by atoms with Crippen LogP contribution < -0.4 is 0 Å². The molecule has 0 fully saturated rings. The van der Waals surface area contributed by atoms with E-state index in [4.69, 9.17) is 5.11 Å². The number of nitro groups is 1. The zero-order valence-corrected chi connectivity index (χ0v) is 9.93. The van der Waals surface area contributed by atoms with Crippen molar-refractivity contribution >= 4 is 17.6 Å². The van der Waals surface area contributed by atoms with Crippen molar-refractivity contribution in [2.75, 3.05) is 13.1 Å². The summed E-state index contributed by atoms with van der Waals surface area (Å²) < 4.78 is 1.08. The van der Waals surface area contributed by atoms with Crippen molar-refractivity contribution < 1.29 is 19.6 Å². The van der Waals surface area contributed by atoms with Gasteiger partial charge in [-0.1, -0.05) is 6.08 Å². The maximum Gasteiger partial charge on any atom is 0.323 e. The van der Waals surface area contributed by atoms with Gasteiger partial charge in [-0.15, -0.1) is 6.58 Å². The number of hydrogen-bond donors (Lipinski definition) is 1. The van der Waals surface area contributed by atoms with E-state index in [2.05, 4.69) is 11.7 Å². The smallest absolute Gasteiger partial charge is 0.323 e. The van der Waals surface area contributed by atoms with Gasteiger partial charge in [0.2, 0.25) is 5.91 Å². The van der Waals surface area contributed by atoms with Gasteiger partial charge in [0, 0.05) is 6.54 Å². The van der Waals surface area contributed by atoms with Crippen LogP contribution in [0, 0.1) is 10.1 Å². The van der Waals surface area contributed by atoms with Crippen LogP contribution in [0.1, 0.15) is 0 Å². The number of hydrogen-bond acceptors (Lipinski definition) is 5. The van der Waals surface area contributed by atoms with Crippen LogP contribution in [0.15, 0.2) is 25.0 Å². The minimum atomic E-state index is -1.15. The number of aliphatic carboxylic acids is 1. The molecule has 1 heterocycles. The fourth-order valence-corrected chi connectivity index (χ4v) is 1.35. The fraction of sp³-hybridized carbons (Fsp3) is 0.300. The van der Waals surface area contributed by atoms with Gasteiger partial charge in [0.05, 0.1) is 4.92 Å². The highest BCUT2D eigenvalue weighted by atomic mass is 16.6. The first-order valence-electron chi connectivity index (χ1n) is 5.21. The predicted octanol–water partition coefficient (Wildman–Crippen LogP) is -0.110. The Morgan fingerprint density at radius 1 is 1.63 bits per heavy atom. The molecule has 1 N–H and O–H groups in total. The third kappa shape index (κ3) is 4.22. The first-order chi connectivity index (χ1) is 8.93. The molecule has 0 spiro atoms. The Balaban J connectivity index is 2.71. The molecule has 1 aromatic heterocycles. The Morgan fingerprint density at radius 2 is 2.32 bits per heavy atom. The zero-order chi connectivity index (χ0) is 14.4. The van der Waals surface area contributed by atoms with E-state index in [0.29, 0.717) is 0 Å². The van der Waals surface area contributed by atoms with E-state index in [9.17, 15) is 19.7 Å². The van der Waals surface area contributed by atoms with Crippen LogP contribution >= 0.6 is 0 Å². The van der Waals surface area contributed by atoms with E-state index in [-0.39, 0.29) is 18.8 Å². The molecule has 102 valence electrons. The molecule has 0 aromatic carbocycles. The lowest BCUT2D eigenvalue weighted by Gasteiger charge is -2.18. The van der Waals surface area contributed by atoms with Crippen molar-refractivity contribution in [2.45, 2.75) is 6.54 Å². The molecule has 0 radical (unpaired) electrons. The molecule has 9 nitrogen and oxygen atoms in total. The van der Waals surface area contributed by atoms with E-state index in [1.54, 1.807) is 0 Å². The lowest BCUT2D eigenvalue weighted by molar-refractivity contribution is -0.385. The molecule has 0 aliphatic heterocycles. The van der Waals surface area contributed by atoms with E-state index in [1.807, 2.05) is 0 Å². The molecule has 0 aliphatic carbocycles. The van der Waals surface area contributed by atoms with E-state index in [0.717, 1.165) is 22.0 Å². The lowest BCUT2D eigenvalue weighted by Crippen LogP contribution is -2.38. The number of rotatable bonds is 7. The Hall–Kier alpha value is -2.71. The number of carboxylic acids is 1. The summed E-state index contributed by atoms with van der Waals surface area (Å²) in [5, 5.41) is 22.8. The van der Waals surface area contributed by atoms with Crippen molar-refractivity contribution in [1.82, 2.24) is 14.7 Å². The van der Waals surface area contributed by atoms with Crippen LogP contribution in [0.2, 0.25) is 0 Å². The number of aromatic nitrogens is 2. The monoisotopic (exact) mass is 268 g/mol. The molecule has 1 amide bonds. The molecule has 1 aromatic rings. The summed E-state index contributed by atoms with van der Waals surface area (Å²) >= 11 is 0. The molecule has 0 saturated heterocycles. The van der Waals surface area contributed by atoms with Gasteiger partial charge in [0.1, 0.15) is 25.5 Å². The third-order valence-corrected chi connectivity index (χ3v) is 2.16. The second-order valence-electron chi connectivity index (χ2n) is 3.61. The predicted molar refractivity (Wildman–Crippen MR) is 63.3 cm³/mol. The topological polar surface area (TPSA) is 119 Å². The summed E-state index contributed by atoms with van der Waals surface area (Å²) in [5.41, 5.74) is -0.235. The highest BCUT2D eigenvalue weighted by Gasteiger charge is 2.17. The van der Waals surface area contributed by atoms with Gasteiger partial charge in [0.25, 0.3) is 0 Å². The van der Waals surface area contributed by atoms with Crippen molar-refractivity contribution in [3.05, 3.63) is 35.2 Å². The molecule has 0 bridgehead atoms. The summed E-state index contributed by atoms with van der Waals surface area (Å²) in [5.74, 6) is -1.66. The highest BCUT2D eigenvalue weighted by Crippen LogP contribution is 2.08.